The van der Waals surface area contributed by atoms with Gasteiger partial charge in [-0.2, -0.15) is 0 Å². The van der Waals surface area contributed by atoms with Crippen molar-refractivity contribution in [2.24, 2.45) is 10.7 Å². The maximum Gasteiger partial charge on any atom is 0.241 e. The molecule has 0 saturated heterocycles. The molecule has 5 rings (SSSR count). The average molecular weight is 574 g/mol. The van der Waals surface area contributed by atoms with E-state index in [1.807, 2.05) is 110 Å². The minimum Gasteiger partial charge on any atom is -0.399 e. The maximum atomic E-state index is 12.4. The molecule has 43 heavy (non-hydrogen) atoms. The number of nitrogens with two attached hydrogens (primary N) is 2. The quantitative estimate of drug-likeness (QED) is 0.127. The highest BCUT2D eigenvalue weighted by atomic mass is 16.2. The third-order valence-electron chi connectivity index (χ3n) is 6.08. The lowest BCUT2D eigenvalue weighted by Gasteiger charge is -2.13. The van der Waals surface area contributed by atoms with Crippen molar-refractivity contribution in [2.75, 3.05) is 23.4 Å². The van der Waals surface area contributed by atoms with Gasteiger partial charge < -0.3 is 27.1 Å². The molecule has 220 valence electrons. The highest BCUT2D eigenvalue weighted by Gasteiger charge is 2.14. The van der Waals surface area contributed by atoms with Gasteiger partial charge in [0.25, 0.3) is 0 Å². The molecule has 6 N–H and O–H groups in total. The van der Waals surface area contributed by atoms with Gasteiger partial charge >= 0.3 is 0 Å². The lowest BCUT2D eigenvalue weighted by molar-refractivity contribution is -0.117. The van der Waals surface area contributed by atoms with Crippen molar-refractivity contribution in [1.29, 1.82) is 0 Å². The van der Waals surface area contributed by atoms with E-state index in [4.69, 9.17) is 11.5 Å². The summed E-state index contributed by atoms with van der Waals surface area (Å²) in [6.45, 7) is 3.97. The van der Waals surface area contributed by atoms with Gasteiger partial charge in [0.05, 0.1) is 11.7 Å². The maximum absolute atomic E-state index is 12.4. The van der Waals surface area contributed by atoms with Gasteiger partial charge in [0.2, 0.25) is 11.9 Å². The third-order valence-corrected chi connectivity index (χ3v) is 6.08. The zero-order valence-corrected chi connectivity index (χ0v) is 24.8. The Kier molecular flexibility index (Phi) is 13.1. The molecular formula is C35H39N7O. The fourth-order valence-corrected chi connectivity index (χ4v) is 3.78. The Morgan fingerprint density at radius 3 is 2.12 bits per heavy atom. The molecular weight excluding hydrogens is 534 g/mol. The number of carbonyl (C=O) groups excluding carboxylic acids is 1. The van der Waals surface area contributed by atoms with Crippen LogP contribution < -0.4 is 22.1 Å². The molecule has 5 aromatic rings. The summed E-state index contributed by atoms with van der Waals surface area (Å²) in [7, 11) is 1.75. The molecule has 1 aromatic heterocycles. The van der Waals surface area contributed by atoms with E-state index in [0.717, 1.165) is 22.5 Å². The zero-order chi connectivity index (χ0) is 30.9. The largest absolute Gasteiger partial charge is 0.399 e. The Hall–Kier alpha value is -5.34. The molecule has 0 unspecified atom stereocenters. The number of aromatic nitrogens is 2. The molecule has 4 aromatic carbocycles. The number of hydrogen-bond donors (Lipinski definition) is 4. The van der Waals surface area contributed by atoms with Gasteiger partial charge in [0.1, 0.15) is 0 Å². The number of nitrogens with one attached hydrogen (secondary N) is 2. The number of benzene rings is 4. The van der Waals surface area contributed by atoms with Crippen LogP contribution in [0.15, 0.2) is 126 Å². The predicted molar refractivity (Wildman–Crippen MR) is 180 cm³/mol. The number of nitrogen functional groups attached to an aromatic ring is 1. The van der Waals surface area contributed by atoms with E-state index in [2.05, 4.69) is 44.7 Å². The van der Waals surface area contributed by atoms with Gasteiger partial charge in [0.15, 0.2) is 0 Å². The van der Waals surface area contributed by atoms with Gasteiger partial charge in [-0.3, -0.25) is 4.79 Å². The van der Waals surface area contributed by atoms with Gasteiger partial charge in [-0.05, 0) is 68.4 Å². The summed E-state index contributed by atoms with van der Waals surface area (Å²) >= 11 is 0. The molecule has 1 atom stereocenters. The van der Waals surface area contributed by atoms with Crippen molar-refractivity contribution >= 4 is 35.1 Å². The molecule has 1 amide bonds. The number of aryl methyl sites for hydroxylation is 1. The fraction of sp³-hybridized carbons (Fsp3) is 0.143. The number of anilines is 4. The second kappa shape index (κ2) is 17.5. The zero-order valence-electron chi connectivity index (χ0n) is 24.8. The molecule has 0 fully saturated rings. The smallest absolute Gasteiger partial charge is 0.241 e. The second-order valence-electron chi connectivity index (χ2n) is 9.55. The monoisotopic (exact) mass is 573 g/mol. The highest BCUT2D eigenvalue weighted by Crippen LogP contribution is 2.22. The van der Waals surface area contributed by atoms with Gasteiger partial charge in [-0.1, -0.05) is 84.4 Å². The molecule has 0 spiro atoms. The van der Waals surface area contributed by atoms with E-state index in [1.54, 1.807) is 19.5 Å². The third kappa shape index (κ3) is 11.6. The molecule has 0 aliphatic rings. The number of rotatable bonds is 7. The van der Waals surface area contributed by atoms with Crippen molar-refractivity contribution in [3.05, 3.63) is 133 Å². The van der Waals surface area contributed by atoms with Crippen molar-refractivity contribution < 1.29 is 4.79 Å². The molecule has 0 saturated carbocycles. The first-order valence-corrected chi connectivity index (χ1v) is 13.9. The molecule has 0 radical (unpaired) electrons. The summed E-state index contributed by atoms with van der Waals surface area (Å²) in [6.07, 6.45) is 3.92. The Morgan fingerprint density at radius 1 is 0.884 bits per heavy atom. The van der Waals surface area contributed by atoms with Gasteiger partial charge in [-0.25, -0.2) is 9.97 Å². The van der Waals surface area contributed by atoms with E-state index >= 15 is 0 Å². The van der Waals surface area contributed by atoms with Crippen LogP contribution in [0.25, 0.3) is 11.3 Å². The summed E-state index contributed by atoms with van der Waals surface area (Å²) in [5.41, 5.74) is 18.0. The van der Waals surface area contributed by atoms with E-state index in [-0.39, 0.29) is 5.91 Å². The summed E-state index contributed by atoms with van der Waals surface area (Å²) in [5.74, 6) is 0.245. The van der Waals surface area contributed by atoms with E-state index in [1.165, 1.54) is 5.56 Å². The number of amides is 1. The van der Waals surface area contributed by atoms with Crippen LogP contribution >= 0.6 is 0 Å². The van der Waals surface area contributed by atoms with Crippen LogP contribution in [0, 0.1) is 6.92 Å². The lowest BCUT2D eigenvalue weighted by atomic mass is 10.1. The second-order valence-corrected chi connectivity index (χ2v) is 9.55. The van der Waals surface area contributed by atoms with Crippen LogP contribution in [0.1, 0.15) is 18.1 Å². The van der Waals surface area contributed by atoms with Gasteiger partial charge in [0, 0.05) is 35.9 Å². The summed E-state index contributed by atoms with van der Waals surface area (Å²) in [4.78, 5) is 24.9. The van der Waals surface area contributed by atoms with Crippen LogP contribution in [-0.2, 0) is 11.2 Å². The van der Waals surface area contributed by atoms with Crippen LogP contribution in [0.3, 0.4) is 0 Å². The minimum absolute atomic E-state index is 0.225. The normalized spacial score (nSPS) is 10.9. The fourth-order valence-electron chi connectivity index (χ4n) is 3.78. The average Bonchev–Trinajstić information content (AvgIpc) is 3.03. The van der Waals surface area contributed by atoms with E-state index in [0.29, 0.717) is 23.7 Å². The predicted octanol–water partition coefficient (Wildman–Crippen LogP) is 6.68. The highest BCUT2D eigenvalue weighted by molar-refractivity contribution is 5.95. The Morgan fingerprint density at radius 2 is 1.53 bits per heavy atom. The van der Waals surface area contributed by atoms with Crippen molar-refractivity contribution in [3.8, 4) is 11.3 Å². The molecule has 0 aliphatic carbocycles. The molecule has 0 bridgehead atoms. The molecule has 0 aliphatic heterocycles. The topological polar surface area (TPSA) is 131 Å². The Labute approximate surface area is 254 Å². The number of aliphatic imine (C=N–C) groups is 1. The minimum atomic E-state index is -0.625. The van der Waals surface area contributed by atoms with Crippen LogP contribution in [0.5, 0.6) is 0 Å². The first-order valence-electron chi connectivity index (χ1n) is 13.9. The van der Waals surface area contributed by atoms with Crippen LogP contribution in [-0.4, -0.2) is 35.2 Å². The SMILES string of the molecule is CC=NC.Cc1ccccc1.Nc1cccc(Nc2nccc(-c3ccc(NC(=O)[C@@H](N)Cc4ccccc4)cc3)n2)c1. The number of nitrogens with zero attached hydrogens (tertiary/aromatic N) is 3. The van der Waals surface area contributed by atoms with E-state index < -0.39 is 6.04 Å². The first kappa shape index (κ1) is 32.2. The molecule has 1 heterocycles. The van der Waals surface area contributed by atoms with E-state index in [9.17, 15) is 4.79 Å². The summed E-state index contributed by atoms with van der Waals surface area (Å²) in [6, 6.07) is 36.0. The lowest BCUT2D eigenvalue weighted by Crippen LogP contribution is -2.37. The van der Waals surface area contributed by atoms with Crippen LogP contribution in [0.2, 0.25) is 0 Å². The Balaban J connectivity index is 0.000000388. The van der Waals surface area contributed by atoms with Crippen molar-refractivity contribution in [3.63, 3.8) is 0 Å². The Bertz CT molecular complexity index is 1550. The van der Waals surface area contributed by atoms with Gasteiger partial charge in [-0.15, -0.1) is 0 Å². The molecule has 8 nitrogen and oxygen atoms in total. The number of hydrogen-bond acceptors (Lipinski definition) is 7. The van der Waals surface area contributed by atoms with Crippen molar-refractivity contribution in [2.45, 2.75) is 26.3 Å². The summed E-state index contributed by atoms with van der Waals surface area (Å²) in [5, 5.41) is 6.02. The molecule has 8 heteroatoms. The number of carbonyl (C=O) groups is 1. The summed E-state index contributed by atoms with van der Waals surface area (Å²) < 4.78 is 0. The van der Waals surface area contributed by atoms with Crippen LogP contribution in [0.4, 0.5) is 23.0 Å². The van der Waals surface area contributed by atoms with Crippen molar-refractivity contribution in [1.82, 2.24) is 9.97 Å². The standard InChI is InChI=1S/C25H24N6O.C7H8.C3H7N/c26-19-7-4-8-21(16-19)30-25-28-14-13-23(31-25)18-9-11-20(12-10-18)29-24(32)22(27)15-17-5-2-1-3-6-17;1-7-5-3-2-4-6-7;1-3-4-2/h1-14,16,22H,15,26-27H2,(H,29,32)(H,28,30,31);2-6H,1H3;3H,1-2H3/t22-;;/m0../s1. The first-order chi connectivity index (χ1) is 20.9.